The maximum Gasteiger partial charge on any atom is 0.130 e. The molecule has 1 saturated heterocycles. The fraction of sp³-hybridized carbons (Fsp3) is 0.333. The van der Waals surface area contributed by atoms with Crippen molar-refractivity contribution in [2.24, 2.45) is 5.73 Å². The molecule has 0 spiro atoms. The first-order chi connectivity index (χ1) is 3.81. The number of nitrogens with two attached hydrogens (primary N) is 1. The third-order valence-electron chi connectivity index (χ3n) is 1.61. The minimum Gasteiger partial charge on any atom is -0.363 e. The van der Waals surface area contributed by atoms with Crippen LogP contribution in [-0.4, -0.2) is 5.66 Å². The Hall–Kier alpha value is -0.760. The van der Waals surface area contributed by atoms with E-state index in [0.717, 1.165) is 6.42 Å². The Morgan fingerprint density at radius 3 is 3.12 bits per heavy atom. The summed E-state index contributed by atoms with van der Waals surface area (Å²) in [6.45, 7) is 0. The van der Waals surface area contributed by atoms with E-state index in [1.54, 1.807) is 0 Å². The van der Waals surface area contributed by atoms with Crippen LogP contribution in [0, 0.1) is 0 Å². The van der Waals surface area contributed by atoms with Gasteiger partial charge < -0.3 is 11.1 Å². The topological polar surface area (TPSA) is 48.0 Å². The average Bonchev–Trinajstić information content (AvgIpc) is 2.39. The van der Waals surface area contributed by atoms with Gasteiger partial charge in [0.05, 0.1) is 5.70 Å². The normalized spacial score (nSPS) is 39.9. The van der Waals surface area contributed by atoms with E-state index in [1.165, 1.54) is 5.70 Å². The summed E-state index contributed by atoms with van der Waals surface area (Å²) < 4.78 is 0. The van der Waals surface area contributed by atoms with Crippen LogP contribution in [0.4, 0.5) is 0 Å². The van der Waals surface area contributed by atoms with Gasteiger partial charge in [-0.25, -0.2) is 0 Å². The standard InChI is InChI=1S/C6H8N2/c7-6-4-2-1-3-5(6)8-6/h1-3,8H,4,7H2. The minimum absolute atomic E-state index is 0.130. The maximum atomic E-state index is 5.72. The molecular formula is C6H8N2. The van der Waals surface area contributed by atoms with Crippen molar-refractivity contribution in [2.75, 3.05) is 0 Å². The number of rotatable bonds is 0. The van der Waals surface area contributed by atoms with Gasteiger partial charge in [0.25, 0.3) is 0 Å². The Balaban J connectivity index is 2.35. The van der Waals surface area contributed by atoms with E-state index in [1.807, 2.05) is 12.2 Å². The van der Waals surface area contributed by atoms with Crippen LogP contribution in [-0.2, 0) is 0 Å². The maximum absolute atomic E-state index is 5.72. The molecule has 0 aromatic rings. The van der Waals surface area contributed by atoms with Crippen LogP contribution in [0.25, 0.3) is 0 Å². The molecule has 1 atom stereocenters. The second kappa shape index (κ2) is 0.977. The summed E-state index contributed by atoms with van der Waals surface area (Å²) in [6.07, 6.45) is 7.06. The molecule has 42 valence electrons. The van der Waals surface area contributed by atoms with Crippen molar-refractivity contribution in [1.82, 2.24) is 5.32 Å². The number of nitrogens with one attached hydrogen (secondary N) is 1. The number of fused-ring (bicyclic) bond motifs is 1. The summed E-state index contributed by atoms with van der Waals surface area (Å²) in [5.41, 5.74) is 6.77. The second-order valence-electron chi connectivity index (χ2n) is 2.31. The minimum atomic E-state index is -0.130. The predicted octanol–water partition coefficient (Wildman–Crippen LogP) is 0.0884. The van der Waals surface area contributed by atoms with Crippen molar-refractivity contribution < 1.29 is 0 Å². The van der Waals surface area contributed by atoms with Crippen molar-refractivity contribution in [3.8, 4) is 0 Å². The summed E-state index contributed by atoms with van der Waals surface area (Å²) in [6, 6.07) is 0. The van der Waals surface area contributed by atoms with Gasteiger partial charge in [-0.05, 0) is 6.08 Å². The van der Waals surface area contributed by atoms with Gasteiger partial charge in [-0.1, -0.05) is 12.2 Å². The molecule has 0 aromatic heterocycles. The molecule has 1 fully saturated rings. The van der Waals surface area contributed by atoms with Gasteiger partial charge in [0.15, 0.2) is 0 Å². The summed E-state index contributed by atoms with van der Waals surface area (Å²) in [4.78, 5) is 0. The van der Waals surface area contributed by atoms with E-state index >= 15 is 0 Å². The van der Waals surface area contributed by atoms with Gasteiger partial charge in [-0.3, -0.25) is 0 Å². The monoisotopic (exact) mass is 108 g/mol. The number of hydrogen-bond donors (Lipinski definition) is 2. The highest BCUT2D eigenvalue weighted by Gasteiger charge is 2.43. The third-order valence-corrected chi connectivity index (χ3v) is 1.61. The molecule has 2 rings (SSSR count). The average molecular weight is 108 g/mol. The summed E-state index contributed by atoms with van der Waals surface area (Å²) >= 11 is 0. The molecule has 1 aliphatic carbocycles. The van der Waals surface area contributed by atoms with E-state index in [2.05, 4.69) is 11.4 Å². The molecule has 1 aliphatic heterocycles. The van der Waals surface area contributed by atoms with Crippen molar-refractivity contribution in [1.29, 1.82) is 0 Å². The van der Waals surface area contributed by atoms with E-state index in [4.69, 9.17) is 5.73 Å². The summed E-state index contributed by atoms with van der Waals surface area (Å²) in [5, 5.41) is 3.08. The Bertz CT molecular complexity index is 181. The predicted molar refractivity (Wildman–Crippen MR) is 31.9 cm³/mol. The van der Waals surface area contributed by atoms with Gasteiger partial charge in [0.2, 0.25) is 0 Å². The van der Waals surface area contributed by atoms with Gasteiger partial charge >= 0.3 is 0 Å². The summed E-state index contributed by atoms with van der Waals surface area (Å²) in [7, 11) is 0. The zero-order valence-corrected chi connectivity index (χ0v) is 4.52. The summed E-state index contributed by atoms with van der Waals surface area (Å²) in [5.74, 6) is 0. The molecule has 0 aromatic carbocycles. The molecule has 8 heavy (non-hydrogen) atoms. The van der Waals surface area contributed by atoms with Crippen LogP contribution in [0.1, 0.15) is 6.42 Å². The molecular weight excluding hydrogens is 100 g/mol. The lowest BCUT2D eigenvalue weighted by molar-refractivity contribution is 0.679. The highest BCUT2D eigenvalue weighted by molar-refractivity contribution is 5.40. The number of hydrogen-bond acceptors (Lipinski definition) is 2. The lowest BCUT2D eigenvalue weighted by Crippen LogP contribution is -2.26. The SMILES string of the molecule is NC12CC=CC=C1N2. The van der Waals surface area contributed by atoms with E-state index < -0.39 is 0 Å². The van der Waals surface area contributed by atoms with Gasteiger partial charge in [-0.15, -0.1) is 0 Å². The number of allylic oxidation sites excluding steroid dienone is 2. The quantitative estimate of drug-likeness (QED) is 0.432. The van der Waals surface area contributed by atoms with Crippen LogP contribution < -0.4 is 11.1 Å². The van der Waals surface area contributed by atoms with Crippen molar-refractivity contribution in [3.63, 3.8) is 0 Å². The lowest BCUT2D eigenvalue weighted by Gasteiger charge is -2.00. The molecule has 2 nitrogen and oxygen atoms in total. The fourth-order valence-corrected chi connectivity index (χ4v) is 0.979. The molecule has 0 bridgehead atoms. The molecule has 2 aliphatic rings. The van der Waals surface area contributed by atoms with Crippen LogP contribution in [0.3, 0.4) is 0 Å². The Morgan fingerprint density at radius 2 is 2.62 bits per heavy atom. The Kier molecular flexibility index (Phi) is 0.507. The zero-order chi connectivity index (χ0) is 5.61. The first-order valence-electron chi connectivity index (χ1n) is 2.76. The van der Waals surface area contributed by atoms with E-state index in [0.29, 0.717) is 0 Å². The second-order valence-corrected chi connectivity index (χ2v) is 2.31. The first-order valence-corrected chi connectivity index (χ1v) is 2.76. The largest absolute Gasteiger partial charge is 0.363 e. The Labute approximate surface area is 48.1 Å². The highest BCUT2D eigenvalue weighted by atomic mass is 15.3. The van der Waals surface area contributed by atoms with Gasteiger partial charge in [-0.2, -0.15) is 0 Å². The van der Waals surface area contributed by atoms with E-state index in [-0.39, 0.29) is 5.66 Å². The van der Waals surface area contributed by atoms with Crippen LogP contribution >= 0.6 is 0 Å². The molecule has 3 N–H and O–H groups in total. The molecule has 0 radical (unpaired) electrons. The molecule has 1 heterocycles. The first kappa shape index (κ1) is 4.15. The highest BCUT2D eigenvalue weighted by Crippen LogP contribution is 2.31. The molecule has 2 heteroatoms. The van der Waals surface area contributed by atoms with Crippen molar-refractivity contribution in [2.45, 2.75) is 12.1 Å². The molecule has 0 amide bonds. The third kappa shape index (κ3) is 0.357. The Morgan fingerprint density at radius 1 is 1.75 bits per heavy atom. The van der Waals surface area contributed by atoms with Gasteiger partial charge in [0.1, 0.15) is 5.66 Å². The fourth-order valence-electron chi connectivity index (χ4n) is 0.979. The van der Waals surface area contributed by atoms with Crippen LogP contribution in [0.15, 0.2) is 23.9 Å². The van der Waals surface area contributed by atoms with Crippen LogP contribution in [0.5, 0.6) is 0 Å². The van der Waals surface area contributed by atoms with Crippen molar-refractivity contribution in [3.05, 3.63) is 23.9 Å². The lowest BCUT2D eigenvalue weighted by atomic mass is 10.1. The smallest absolute Gasteiger partial charge is 0.130 e. The van der Waals surface area contributed by atoms with E-state index in [9.17, 15) is 0 Å². The molecule has 1 unspecified atom stereocenters. The van der Waals surface area contributed by atoms with Gasteiger partial charge in [0, 0.05) is 6.42 Å². The van der Waals surface area contributed by atoms with Crippen molar-refractivity contribution >= 4 is 0 Å². The molecule has 0 saturated carbocycles. The zero-order valence-electron chi connectivity index (χ0n) is 4.52. The van der Waals surface area contributed by atoms with Crippen LogP contribution in [0.2, 0.25) is 0 Å².